The van der Waals surface area contributed by atoms with Crippen LogP contribution in [0.1, 0.15) is 19.8 Å². The van der Waals surface area contributed by atoms with Crippen molar-refractivity contribution in [2.75, 3.05) is 6.61 Å². The van der Waals surface area contributed by atoms with Crippen molar-refractivity contribution in [1.82, 2.24) is 0 Å². The Morgan fingerprint density at radius 2 is 2.00 bits per heavy atom. The topological polar surface area (TPSA) is 23.1 Å². The Morgan fingerprint density at radius 1 is 1.50 bits per heavy atom. The van der Waals surface area contributed by atoms with Crippen molar-refractivity contribution in [3.05, 3.63) is 0 Å². The monoisotopic (exact) mass is 296 g/mol. The summed E-state index contributed by atoms with van der Waals surface area (Å²) in [6.45, 7) is 2.11. The van der Waals surface area contributed by atoms with E-state index in [0.717, 1.165) is 12.8 Å². The SMILES string of the molecule is CCCC[O-].[Fr+]. The summed E-state index contributed by atoms with van der Waals surface area (Å²) in [7, 11) is 0. The standard InChI is InChI=1S/C4H9O.Fr/c1-2-3-4-5;/h2-4H2,1H3;/q-1;+1. The van der Waals surface area contributed by atoms with Gasteiger partial charge in [0.1, 0.15) is 0 Å². The van der Waals surface area contributed by atoms with Crippen LogP contribution < -0.4 is 5.11 Å². The predicted octanol–water partition coefficient (Wildman–Crippen LogP) is 0.147. The maximum Gasteiger partial charge on any atom is 1.00 e. The second-order valence-corrected chi connectivity index (χ2v) is 1.06. The molecule has 0 atom stereocenters. The van der Waals surface area contributed by atoms with Crippen LogP contribution in [0.2, 0.25) is 0 Å². The zero-order valence-corrected chi connectivity index (χ0v) is 12.7. The Bertz CT molecular complexity index is 15.0. The van der Waals surface area contributed by atoms with Gasteiger partial charge in [-0.1, -0.05) is 19.8 Å². The first-order chi connectivity index (χ1) is 2.41. The summed E-state index contributed by atoms with van der Waals surface area (Å²) >= 11 is 0. The van der Waals surface area contributed by atoms with Gasteiger partial charge < -0.3 is 5.11 Å². The number of hydrogen-bond acceptors (Lipinski definition) is 1. The minimum atomic E-state index is 0. The van der Waals surface area contributed by atoms with Gasteiger partial charge in [0.05, 0.1) is 0 Å². The molecule has 2 heteroatoms. The van der Waals surface area contributed by atoms with Gasteiger partial charge in [-0.2, -0.15) is 0 Å². The smallest absolute Gasteiger partial charge is 0.854 e. The second-order valence-electron chi connectivity index (χ2n) is 1.06. The Morgan fingerprint density at radius 3 is 2.00 bits per heavy atom. The Hall–Kier alpha value is 1.56. The molecule has 0 aromatic carbocycles. The number of unbranched alkanes of at least 4 members (excludes halogenated alkanes) is 1. The van der Waals surface area contributed by atoms with Crippen LogP contribution in [0.15, 0.2) is 0 Å². The van der Waals surface area contributed by atoms with Gasteiger partial charge in [0, 0.05) is 0 Å². The largest absolute Gasteiger partial charge is 1.00 e. The van der Waals surface area contributed by atoms with E-state index in [1.165, 1.54) is 0 Å². The maximum atomic E-state index is 9.53. The van der Waals surface area contributed by atoms with Gasteiger partial charge in [-0.15, -0.1) is 6.61 Å². The Kier molecular flexibility index (Phi) is 17.1. The van der Waals surface area contributed by atoms with E-state index in [2.05, 4.69) is 0 Å². The van der Waals surface area contributed by atoms with Crippen molar-refractivity contribution in [2.45, 2.75) is 19.8 Å². The fraction of sp³-hybridized carbons (Fsp3) is 1.00. The van der Waals surface area contributed by atoms with Crippen LogP contribution in [0.3, 0.4) is 0 Å². The molecular weight excluding hydrogens is 287 g/mol. The summed E-state index contributed by atoms with van der Waals surface area (Å²) in [5.74, 6) is 0. The molecule has 0 aliphatic heterocycles. The van der Waals surface area contributed by atoms with Crippen molar-refractivity contribution < 1.29 is 55.0 Å². The zero-order chi connectivity index (χ0) is 4.12. The summed E-state index contributed by atoms with van der Waals surface area (Å²) in [5, 5.41) is 9.53. The van der Waals surface area contributed by atoms with Crippen LogP contribution in [0.5, 0.6) is 0 Å². The van der Waals surface area contributed by atoms with E-state index in [-0.39, 0.29) is 56.5 Å². The van der Waals surface area contributed by atoms with Crippen LogP contribution in [0.25, 0.3) is 0 Å². The molecular formula is C4H9FrO. The van der Waals surface area contributed by atoms with Gasteiger partial charge in [0.2, 0.25) is 0 Å². The molecule has 6 heavy (non-hydrogen) atoms. The molecule has 32 valence electrons. The zero-order valence-electron chi connectivity index (χ0n) is 4.53. The van der Waals surface area contributed by atoms with E-state index >= 15 is 0 Å². The van der Waals surface area contributed by atoms with Gasteiger partial charge in [-0.25, -0.2) is 0 Å². The Balaban J connectivity index is 0. The first-order valence-corrected chi connectivity index (χ1v) is 2.00. The quantitative estimate of drug-likeness (QED) is 0.711. The first-order valence-electron chi connectivity index (χ1n) is 2.00. The van der Waals surface area contributed by atoms with Crippen LogP contribution in [0, 0.1) is 49.9 Å². The fourth-order valence-corrected chi connectivity index (χ4v) is 0.144. The molecule has 0 N–H and O–H groups in total. The molecule has 0 unspecified atom stereocenters. The minimum absolute atomic E-state index is 0. The number of rotatable bonds is 2. The summed E-state index contributed by atoms with van der Waals surface area (Å²) < 4.78 is 0. The van der Waals surface area contributed by atoms with E-state index in [0.29, 0.717) is 0 Å². The molecule has 0 aliphatic rings. The molecule has 0 amide bonds. The van der Waals surface area contributed by atoms with E-state index in [4.69, 9.17) is 0 Å². The molecule has 0 fully saturated rings. The van der Waals surface area contributed by atoms with Crippen LogP contribution >= 0.6 is 0 Å². The second kappa shape index (κ2) is 9.75. The molecule has 0 bridgehead atoms. The van der Waals surface area contributed by atoms with E-state index in [1.807, 2.05) is 6.92 Å². The third-order valence-corrected chi connectivity index (χ3v) is 0.498. The van der Waals surface area contributed by atoms with Gasteiger partial charge in [-0.3, -0.25) is 0 Å². The predicted molar refractivity (Wildman–Crippen MR) is 19.8 cm³/mol. The summed E-state index contributed by atoms with van der Waals surface area (Å²) in [4.78, 5) is 0. The maximum absolute atomic E-state index is 9.53. The van der Waals surface area contributed by atoms with Crippen LogP contribution in [0.4, 0.5) is 0 Å². The van der Waals surface area contributed by atoms with Gasteiger partial charge in [0.25, 0.3) is 0 Å². The van der Waals surface area contributed by atoms with Crippen LogP contribution in [-0.4, -0.2) is 6.61 Å². The number of hydrogen-bond donors (Lipinski definition) is 0. The van der Waals surface area contributed by atoms with Crippen molar-refractivity contribution in [3.63, 3.8) is 0 Å². The van der Waals surface area contributed by atoms with Gasteiger partial charge >= 0.3 is 49.9 Å². The molecule has 0 radical (unpaired) electrons. The summed E-state index contributed by atoms with van der Waals surface area (Å²) in [6, 6.07) is 0. The van der Waals surface area contributed by atoms with Gasteiger partial charge in [0.15, 0.2) is 0 Å². The molecule has 1 nitrogen and oxygen atoms in total. The average Bonchev–Trinajstić information content (AvgIpc) is 1.41. The Labute approximate surface area is 80.1 Å². The van der Waals surface area contributed by atoms with Crippen molar-refractivity contribution in [3.8, 4) is 0 Å². The normalized spacial score (nSPS) is 7.00. The fourth-order valence-electron chi connectivity index (χ4n) is 0.144. The van der Waals surface area contributed by atoms with E-state index in [1.54, 1.807) is 0 Å². The van der Waals surface area contributed by atoms with Crippen molar-refractivity contribution >= 4 is 0 Å². The first kappa shape index (κ1) is 10.5. The van der Waals surface area contributed by atoms with E-state index < -0.39 is 0 Å². The van der Waals surface area contributed by atoms with Crippen molar-refractivity contribution in [1.29, 1.82) is 0 Å². The average molecular weight is 296 g/mol. The molecule has 0 aliphatic carbocycles. The molecule has 0 saturated carbocycles. The molecule has 0 saturated heterocycles. The molecule has 0 aromatic heterocycles. The molecule has 0 rings (SSSR count). The summed E-state index contributed by atoms with van der Waals surface area (Å²) in [6.07, 6.45) is 1.86. The third kappa shape index (κ3) is 9.12. The molecule has 0 aromatic rings. The molecule has 0 heterocycles. The summed E-state index contributed by atoms with van der Waals surface area (Å²) in [5.41, 5.74) is 0. The third-order valence-electron chi connectivity index (χ3n) is 0.498. The van der Waals surface area contributed by atoms with Crippen molar-refractivity contribution in [2.24, 2.45) is 0 Å². The molecule has 0 spiro atoms. The minimum Gasteiger partial charge on any atom is -0.854 e. The van der Waals surface area contributed by atoms with E-state index in [9.17, 15) is 5.11 Å². The van der Waals surface area contributed by atoms with Gasteiger partial charge in [-0.05, 0) is 0 Å². The van der Waals surface area contributed by atoms with Crippen LogP contribution in [-0.2, 0) is 0 Å².